The van der Waals surface area contributed by atoms with E-state index in [-0.39, 0.29) is 6.42 Å². The van der Waals surface area contributed by atoms with Gasteiger partial charge in [-0.1, -0.05) is 42.5 Å². The van der Waals surface area contributed by atoms with Gasteiger partial charge in [0.25, 0.3) is 0 Å². The number of nitrogens with one attached hydrogen (secondary N) is 1. The van der Waals surface area contributed by atoms with E-state index >= 15 is 0 Å². The van der Waals surface area contributed by atoms with Gasteiger partial charge in [-0.25, -0.2) is 0 Å². The average molecular weight is 255 g/mol. The van der Waals surface area contributed by atoms with Crippen LogP contribution in [0, 0.1) is 0 Å². The summed E-state index contributed by atoms with van der Waals surface area (Å²) < 4.78 is 0. The fourth-order valence-corrected chi connectivity index (χ4v) is 1.91. The summed E-state index contributed by atoms with van der Waals surface area (Å²) in [5.41, 5.74) is 3.16. The van der Waals surface area contributed by atoms with Crippen molar-refractivity contribution in [2.45, 2.75) is 12.8 Å². The molecule has 2 N–H and O–H groups in total. The minimum absolute atomic E-state index is 0.0859. The molecule has 0 heterocycles. The summed E-state index contributed by atoms with van der Waals surface area (Å²) in [5, 5.41) is 12.0. The predicted molar refractivity (Wildman–Crippen MR) is 76.4 cm³/mol. The molecule has 2 aromatic rings. The predicted octanol–water partition coefficient (Wildman–Crippen LogP) is 2.97. The molecule has 19 heavy (non-hydrogen) atoms. The first-order valence-corrected chi connectivity index (χ1v) is 6.32. The van der Waals surface area contributed by atoms with Gasteiger partial charge in [-0.2, -0.15) is 0 Å². The van der Waals surface area contributed by atoms with Crippen molar-refractivity contribution in [1.29, 1.82) is 0 Å². The molecule has 0 atom stereocenters. The lowest BCUT2D eigenvalue weighted by molar-refractivity contribution is -0.136. The molecule has 0 aromatic heterocycles. The molecular weight excluding hydrogens is 238 g/mol. The topological polar surface area (TPSA) is 49.3 Å². The first kappa shape index (κ1) is 13.1. The first-order chi connectivity index (χ1) is 9.24. The highest BCUT2D eigenvalue weighted by Gasteiger charge is 2.00. The highest BCUT2D eigenvalue weighted by Crippen LogP contribution is 2.08. The van der Waals surface area contributed by atoms with Crippen LogP contribution < -0.4 is 5.32 Å². The number of carboxylic acids is 1. The molecule has 0 spiro atoms. The van der Waals surface area contributed by atoms with Crippen LogP contribution in [0.5, 0.6) is 0 Å². The Balaban J connectivity index is 1.81. The van der Waals surface area contributed by atoms with Gasteiger partial charge in [0.05, 0.1) is 6.42 Å². The van der Waals surface area contributed by atoms with Crippen molar-refractivity contribution in [3.8, 4) is 0 Å². The second kappa shape index (κ2) is 6.59. The second-order valence-corrected chi connectivity index (χ2v) is 4.43. The molecular formula is C16H17NO2. The van der Waals surface area contributed by atoms with Gasteiger partial charge in [0.1, 0.15) is 0 Å². The third kappa shape index (κ3) is 4.47. The minimum atomic E-state index is -0.793. The number of rotatable bonds is 6. The van der Waals surface area contributed by atoms with Crippen molar-refractivity contribution in [3.05, 3.63) is 65.7 Å². The van der Waals surface area contributed by atoms with Crippen LogP contribution in [-0.2, 0) is 17.6 Å². The van der Waals surface area contributed by atoms with E-state index in [1.54, 1.807) is 0 Å². The normalized spacial score (nSPS) is 10.1. The van der Waals surface area contributed by atoms with Gasteiger partial charge in [0.2, 0.25) is 0 Å². The van der Waals surface area contributed by atoms with Gasteiger partial charge in [-0.3, -0.25) is 4.79 Å². The Morgan fingerprint density at radius 2 is 1.58 bits per heavy atom. The van der Waals surface area contributed by atoms with Gasteiger partial charge in [0.15, 0.2) is 0 Å². The largest absolute Gasteiger partial charge is 0.481 e. The van der Waals surface area contributed by atoms with E-state index in [9.17, 15) is 4.79 Å². The molecule has 2 rings (SSSR count). The Hall–Kier alpha value is -2.29. The first-order valence-electron chi connectivity index (χ1n) is 6.32. The van der Waals surface area contributed by atoms with Crippen molar-refractivity contribution in [3.63, 3.8) is 0 Å². The maximum absolute atomic E-state index is 10.6. The number of carbonyl (C=O) groups is 1. The monoisotopic (exact) mass is 255 g/mol. The second-order valence-electron chi connectivity index (χ2n) is 4.43. The molecule has 0 saturated carbocycles. The van der Waals surface area contributed by atoms with Gasteiger partial charge in [-0.15, -0.1) is 0 Å². The number of carboxylic acid groups (broad SMARTS) is 1. The van der Waals surface area contributed by atoms with E-state index in [0.29, 0.717) is 0 Å². The highest BCUT2D eigenvalue weighted by atomic mass is 16.4. The van der Waals surface area contributed by atoms with Crippen LogP contribution >= 0.6 is 0 Å². The van der Waals surface area contributed by atoms with Gasteiger partial charge in [-0.05, 0) is 29.7 Å². The zero-order chi connectivity index (χ0) is 13.5. The summed E-state index contributed by atoms with van der Waals surface area (Å²) in [7, 11) is 0. The van der Waals surface area contributed by atoms with Crippen LogP contribution in [0.2, 0.25) is 0 Å². The summed E-state index contributed by atoms with van der Waals surface area (Å²) in [6, 6.07) is 17.8. The smallest absolute Gasteiger partial charge is 0.307 e. The molecule has 3 heteroatoms. The van der Waals surface area contributed by atoms with E-state index in [4.69, 9.17) is 5.11 Å². The molecule has 3 nitrogen and oxygen atoms in total. The number of para-hydroxylation sites is 1. The van der Waals surface area contributed by atoms with Crippen LogP contribution in [0.25, 0.3) is 0 Å². The standard InChI is InChI=1S/C16H17NO2/c18-16(19)12-14-8-6-13(7-9-14)10-11-17-15-4-2-1-3-5-15/h1-9,17H,10-12H2,(H,18,19). The van der Waals surface area contributed by atoms with Crippen molar-refractivity contribution in [2.24, 2.45) is 0 Å². The zero-order valence-corrected chi connectivity index (χ0v) is 10.7. The SMILES string of the molecule is O=C(O)Cc1ccc(CCNc2ccccc2)cc1. The third-order valence-electron chi connectivity index (χ3n) is 2.89. The number of anilines is 1. The Bertz CT molecular complexity index is 520. The number of hydrogen-bond donors (Lipinski definition) is 2. The zero-order valence-electron chi connectivity index (χ0n) is 10.7. The molecule has 0 fully saturated rings. The molecule has 0 aliphatic heterocycles. The third-order valence-corrected chi connectivity index (χ3v) is 2.89. The van der Waals surface area contributed by atoms with Crippen molar-refractivity contribution < 1.29 is 9.90 Å². The van der Waals surface area contributed by atoms with Gasteiger partial charge < -0.3 is 10.4 Å². The molecule has 0 saturated heterocycles. The lowest BCUT2D eigenvalue weighted by atomic mass is 10.1. The maximum Gasteiger partial charge on any atom is 0.307 e. The van der Waals surface area contributed by atoms with Crippen LogP contribution in [0.3, 0.4) is 0 Å². The molecule has 0 bridgehead atoms. The lowest BCUT2D eigenvalue weighted by Crippen LogP contribution is -2.05. The fourth-order valence-electron chi connectivity index (χ4n) is 1.91. The van der Waals surface area contributed by atoms with Crippen molar-refractivity contribution >= 4 is 11.7 Å². The van der Waals surface area contributed by atoms with Crippen LogP contribution in [0.4, 0.5) is 5.69 Å². The van der Waals surface area contributed by atoms with E-state index in [0.717, 1.165) is 24.2 Å². The Morgan fingerprint density at radius 3 is 2.21 bits per heavy atom. The molecule has 98 valence electrons. The molecule has 2 aromatic carbocycles. The van der Waals surface area contributed by atoms with Crippen LogP contribution in [0.1, 0.15) is 11.1 Å². The summed E-state index contributed by atoms with van der Waals surface area (Å²) in [6.45, 7) is 0.863. The molecule has 0 radical (unpaired) electrons. The van der Waals surface area contributed by atoms with E-state index in [1.807, 2.05) is 54.6 Å². The molecule has 0 aliphatic rings. The number of aliphatic carboxylic acids is 1. The Morgan fingerprint density at radius 1 is 0.947 bits per heavy atom. The number of hydrogen-bond acceptors (Lipinski definition) is 2. The minimum Gasteiger partial charge on any atom is -0.481 e. The van der Waals surface area contributed by atoms with Crippen molar-refractivity contribution in [1.82, 2.24) is 0 Å². The summed E-state index contributed by atoms with van der Waals surface area (Å²) in [4.78, 5) is 10.6. The maximum atomic E-state index is 10.6. The van der Waals surface area contributed by atoms with Crippen LogP contribution in [0.15, 0.2) is 54.6 Å². The van der Waals surface area contributed by atoms with E-state index in [2.05, 4.69) is 5.32 Å². The average Bonchev–Trinajstić information content (AvgIpc) is 2.41. The number of benzene rings is 2. The van der Waals surface area contributed by atoms with Crippen LogP contribution in [-0.4, -0.2) is 17.6 Å². The Labute approximate surface area is 112 Å². The van der Waals surface area contributed by atoms with Gasteiger partial charge >= 0.3 is 5.97 Å². The van der Waals surface area contributed by atoms with Gasteiger partial charge in [0, 0.05) is 12.2 Å². The highest BCUT2D eigenvalue weighted by molar-refractivity contribution is 5.70. The fraction of sp³-hybridized carbons (Fsp3) is 0.188. The quantitative estimate of drug-likeness (QED) is 0.834. The van der Waals surface area contributed by atoms with Crippen molar-refractivity contribution in [2.75, 3.05) is 11.9 Å². The molecule has 0 unspecified atom stereocenters. The summed E-state index contributed by atoms with van der Waals surface area (Å²) in [6.07, 6.45) is 1.00. The summed E-state index contributed by atoms with van der Waals surface area (Å²) in [5.74, 6) is -0.793. The van der Waals surface area contributed by atoms with E-state index in [1.165, 1.54) is 5.56 Å². The summed E-state index contributed by atoms with van der Waals surface area (Å²) >= 11 is 0. The lowest BCUT2D eigenvalue weighted by Gasteiger charge is -2.06. The molecule has 0 amide bonds. The Kier molecular flexibility index (Phi) is 4.56. The van der Waals surface area contributed by atoms with E-state index < -0.39 is 5.97 Å². The molecule has 0 aliphatic carbocycles.